The molecule has 1 aromatic heterocycles. The summed E-state index contributed by atoms with van der Waals surface area (Å²) in [5.41, 5.74) is 3.58. The number of allylic oxidation sites excluding steroid dienone is 1. The Labute approximate surface area is 185 Å². The summed E-state index contributed by atoms with van der Waals surface area (Å²) in [6.07, 6.45) is 4.34. The van der Waals surface area contributed by atoms with Crippen LogP contribution >= 0.6 is 0 Å². The predicted octanol–water partition coefficient (Wildman–Crippen LogP) is 4.17. The molecule has 31 heavy (non-hydrogen) atoms. The summed E-state index contributed by atoms with van der Waals surface area (Å²) < 4.78 is 6.00. The number of nitrogens with one attached hydrogen (secondary N) is 2. The lowest BCUT2D eigenvalue weighted by molar-refractivity contribution is -0.118. The molecule has 6 nitrogen and oxygen atoms in total. The Kier molecular flexibility index (Phi) is 8.02. The third kappa shape index (κ3) is 6.50. The van der Waals surface area contributed by atoms with Crippen molar-refractivity contribution in [2.24, 2.45) is 23.7 Å². The molecule has 168 valence electrons. The van der Waals surface area contributed by atoms with Gasteiger partial charge < -0.3 is 15.1 Å². The molecule has 0 fully saturated rings. The average molecular weight is 425 g/mol. The smallest absolute Gasteiger partial charge is 0.247 e. The Morgan fingerprint density at radius 1 is 1.16 bits per heavy atom. The number of benzene rings is 1. The third-order valence-electron chi connectivity index (χ3n) is 6.33. The minimum atomic E-state index is 0.0182. The van der Waals surface area contributed by atoms with Crippen molar-refractivity contribution in [1.29, 1.82) is 0 Å². The van der Waals surface area contributed by atoms with Crippen molar-refractivity contribution < 1.29 is 9.21 Å². The summed E-state index contributed by atoms with van der Waals surface area (Å²) in [6.45, 7) is 12.9. The average Bonchev–Trinajstić information content (AvgIpc) is 3.18. The summed E-state index contributed by atoms with van der Waals surface area (Å²) >= 11 is 0. The van der Waals surface area contributed by atoms with E-state index in [0.29, 0.717) is 42.0 Å². The molecule has 0 bridgehead atoms. The van der Waals surface area contributed by atoms with Gasteiger partial charge in [-0.15, -0.1) is 10.2 Å². The molecule has 2 aromatic rings. The van der Waals surface area contributed by atoms with E-state index in [4.69, 9.17) is 4.42 Å². The van der Waals surface area contributed by atoms with Crippen molar-refractivity contribution in [3.63, 3.8) is 0 Å². The van der Waals surface area contributed by atoms with E-state index in [1.165, 1.54) is 11.1 Å². The van der Waals surface area contributed by atoms with Crippen LogP contribution in [-0.2, 0) is 11.2 Å². The van der Waals surface area contributed by atoms with Gasteiger partial charge in [0, 0.05) is 38.5 Å². The number of carbonyl (C=O) groups excluding carboxylic acids is 1. The molecule has 1 heterocycles. The monoisotopic (exact) mass is 424 g/mol. The molecule has 0 saturated heterocycles. The number of hydrogen-bond acceptors (Lipinski definition) is 5. The van der Waals surface area contributed by atoms with Crippen molar-refractivity contribution in [2.45, 2.75) is 47.5 Å². The summed E-state index contributed by atoms with van der Waals surface area (Å²) in [7, 11) is 0. The van der Waals surface area contributed by atoms with Crippen molar-refractivity contribution in [2.75, 3.05) is 19.6 Å². The first-order chi connectivity index (χ1) is 14.8. The minimum absolute atomic E-state index is 0.0182. The normalized spacial score (nSPS) is 21.2. The van der Waals surface area contributed by atoms with Crippen LogP contribution in [0.3, 0.4) is 0 Å². The molecule has 1 aliphatic rings. The zero-order chi connectivity index (χ0) is 22.4. The van der Waals surface area contributed by atoms with E-state index >= 15 is 0 Å². The number of aryl methyl sites for hydroxylation is 1. The van der Waals surface area contributed by atoms with Gasteiger partial charge in [0.25, 0.3) is 0 Å². The summed E-state index contributed by atoms with van der Waals surface area (Å²) in [6, 6.07) is 8.17. The highest BCUT2D eigenvalue weighted by molar-refractivity contribution is 5.72. The lowest BCUT2D eigenvalue weighted by Gasteiger charge is -2.37. The highest BCUT2D eigenvalue weighted by atomic mass is 16.4. The van der Waals surface area contributed by atoms with Gasteiger partial charge in [-0.2, -0.15) is 0 Å². The van der Waals surface area contributed by atoms with Crippen molar-refractivity contribution in [3.8, 4) is 11.5 Å². The standard InChI is InChI=1S/C25H36N4O2/c1-16(2)23-13-21(18(4)12-22(23)15-26-10-11-27-19(5)30)14-24-28-29-25(31-24)20-8-6-17(3)7-9-20/h6-9,12,16,21-23,26H,10-11,13-15H2,1-5H3,(H,27,30)/t21-,22+,23+/m1/s1. The lowest BCUT2D eigenvalue weighted by Crippen LogP contribution is -2.37. The number of amides is 1. The predicted molar refractivity (Wildman–Crippen MR) is 123 cm³/mol. The van der Waals surface area contributed by atoms with Gasteiger partial charge in [0.2, 0.25) is 17.7 Å². The Morgan fingerprint density at radius 3 is 2.58 bits per heavy atom. The SMILES string of the molecule is CC(=O)NCCNC[C@@H]1C=C(C)[C@@H](Cc2nnc(-c3ccc(C)cc3)o2)C[C@H]1C(C)C. The van der Waals surface area contributed by atoms with Crippen LogP contribution in [0.1, 0.15) is 45.6 Å². The second kappa shape index (κ2) is 10.7. The van der Waals surface area contributed by atoms with Gasteiger partial charge in [-0.1, -0.05) is 43.2 Å². The van der Waals surface area contributed by atoms with Crippen molar-refractivity contribution in [1.82, 2.24) is 20.8 Å². The van der Waals surface area contributed by atoms with Gasteiger partial charge in [0.15, 0.2) is 0 Å². The van der Waals surface area contributed by atoms with Gasteiger partial charge in [-0.05, 0) is 56.1 Å². The van der Waals surface area contributed by atoms with E-state index in [1.54, 1.807) is 6.92 Å². The Bertz CT molecular complexity index is 885. The fraction of sp³-hybridized carbons (Fsp3) is 0.560. The first-order valence-corrected chi connectivity index (χ1v) is 11.4. The molecular formula is C25H36N4O2. The van der Waals surface area contributed by atoms with Gasteiger partial charge in [0.05, 0.1) is 0 Å². The van der Waals surface area contributed by atoms with Crippen molar-refractivity contribution >= 4 is 5.91 Å². The Balaban J connectivity index is 1.62. The fourth-order valence-corrected chi connectivity index (χ4v) is 4.46. The maximum absolute atomic E-state index is 11.0. The topological polar surface area (TPSA) is 80.0 Å². The zero-order valence-electron chi connectivity index (χ0n) is 19.4. The molecule has 0 radical (unpaired) electrons. The number of rotatable bonds is 9. The maximum atomic E-state index is 11.0. The van der Waals surface area contributed by atoms with Crippen LogP contribution in [0.4, 0.5) is 0 Å². The first-order valence-electron chi connectivity index (χ1n) is 11.4. The lowest BCUT2D eigenvalue weighted by atomic mass is 9.70. The van der Waals surface area contributed by atoms with Crippen LogP contribution in [0, 0.1) is 30.6 Å². The molecular weight excluding hydrogens is 388 g/mol. The number of nitrogens with zero attached hydrogens (tertiary/aromatic N) is 2. The first kappa shape index (κ1) is 23.2. The molecule has 2 N–H and O–H groups in total. The van der Waals surface area contributed by atoms with Gasteiger partial charge in [-0.3, -0.25) is 4.79 Å². The minimum Gasteiger partial charge on any atom is -0.421 e. The molecule has 3 rings (SSSR count). The second-order valence-corrected chi connectivity index (χ2v) is 9.17. The molecule has 6 heteroatoms. The van der Waals surface area contributed by atoms with Crippen LogP contribution in [0.2, 0.25) is 0 Å². The van der Waals surface area contributed by atoms with Crippen LogP contribution in [0.5, 0.6) is 0 Å². The molecule has 1 aliphatic carbocycles. The van der Waals surface area contributed by atoms with E-state index in [9.17, 15) is 4.79 Å². The van der Waals surface area contributed by atoms with E-state index in [-0.39, 0.29) is 5.91 Å². The molecule has 0 unspecified atom stereocenters. The molecule has 0 aliphatic heterocycles. The highest BCUT2D eigenvalue weighted by Gasteiger charge is 2.32. The molecule has 1 aromatic carbocycles. The number of aromatic nitrogens is 2. The van der Waals surface area contributed by atoms with Gasteiger partial charge in [-0.25, -0.2) is 0 Å². The Hall–Kier alpha value is -2.47. The largest absolute Gasteiger partial charge is 0.421 e. The third-order valence-corrected chi connectivity index (χ3v) is 6.33. The fourth-order valence-electron chi connectivity index (χ4n) is 4.46. The molecule has 1 amide bonds. The summed E-state index contributed by atoms with van der Waals surface area (Å²) in [5.74, 6) is 3.44. The van der Waals surface area contributed by atoms with E-state index in [1.807, 2.05) is 12.1 Å². The van der Waals surface area contributed by atoms with Crippen LogP contribution in [0.15, 0.2) is 40.3 Å². The van der Waals surface area contributed by atoms with Gasteiger partial charge in [0.1, 0.15) is 0 Å². The summed E-state index contributed by atoms with van der Waals surface area (Å²) in [5, 5.41) is 14.9. The van der Waals surface area contributed by atoms with E-state index in [0.717, 1.165) is 31.5 Å². The Morgan fingerprint density at radius 2 is 1.90 bits per heavy atom. The quantitative estimate of drug-likeness (QED) is 0.467. The highest BCUT2D eigenvalue weighted by Crippen LogP contribution is 2.38. The van der Waals surface area contributed by atoms with E-state index < -0.39 is 0 Å². The van der Waals surface area contributed by atoms with Gasteiger partial charge >= 0.3 is 0 Å². The van der Waals surface area contributed by atoms with Crippen LogP contribution in [-0.4, -0.2) is 35.7 Å². The number of hydrogen-bond donors (Lipinski definition) is 2. The zero-order valence-corrected chi connectivity index (χ0v) is 19.4. The van der Waals surface area contributed by atoms with Crippen LogP contribution in [0.25, 0.3) is 11.5 Å². The molecule has 0 spiro atoms. The van der Waals surface area contributed by atoms with Crippen molar-refractivity contribution in [3.05, 3.63) is 47.4 Å². The summed E-state index contributed by atoms with van der Waals surface area (Å²) in [4.78, 5) is 11.0. The van der Waals surface area contributed by atoms with E-state index in [2.05, 4.69) is 66.7 Å². The van der Waals surface area contributed by atoms with Crippen LogP contribution < -0.4 is 10.6 Å². The molecule has 3 atom stereocenters. The second-order valence-electron chi connectivity index (χ2n) is 9.17. The molecule has 0 saturated carbocycles. The maximum Gasteiger partial charge on any atom is 0.247 e. The number of carbonyl (C=O) groups is 1.